The van der Waals surface area contributed by atoms with E-state index in [4.69, 9.17) is 0 Å². The molecule has 3 aromatic carbocycles. The average molecular weight is 423 g/mol. The van der Waals surface area contributed by atoms with Crippen molar-refractivity contribution in [3.8, 4) is 0 Å². The van der Waals surface area contributed by atoms with Crippen LogP contribution in [0.3, 0.4) is 0 Å². The van der Waals surface area contributed by atoms with Gasteiger partial charge in [-0.1, -0.05) is 60.2 Å². The first-order valence-corrected chi connectivity index (χ1v) is 11.3. The van der Waals surface area contributed by atoms with Crippen molar-refractivity contribution in [3.63, 3.8) is 0 Å². The molecule has 1 amide bonds. The molecule has 1 N–H and O–H groups in total. The van der Waals surface area contributed by atoms with Crippen LogP contribution in [0.25, 0.3) is 0 Å². The molecule has 0 aliphatic rings. The Balaban J connectivity index is 1.56. The van der Waals surface area contributed by atoms with E-state index in [1.165, 1.54) is 0 Å². The number of carbonyl (C=O) groups excluding carboxylic acids is 1. The summed E-state index contributed by atoms with van der Waals surface area (Å²) in [6.45, 7) is 2.52. The van der Waals surface area contributed by atoms with Crippen molar-refractivity contribution in [1.29, 1.82) is 0 Å². The molecule has 0 bridgehead atoms. The summed E-state index contributed by atoms with van der Waals surface area (Å²) in [4.78, 5) is 14.3. The lowest BCUT2D eigenvalue weighted by atomic mass is 10.1. The molecular formula is C24H26N2O3S. The van der Waals surface area contributed by atoms with Crippen molar-refractivity contribution in [1.82, 2.24) is 4.90 Å². The first-order chi connectivity index (χ1) is 14.3. The Morgan fingerprint density at radius 3 is 2.13 bits per heavy atom. The highest BCUT2D eigenvalue weighted by atomic mass is 32.2. The lowest BCUT2D eigenvalue weighted by Crippen LogP contribution is -2.26. The van der Waals surface area contributed by atoms with E-state index >= 15 is 0 Å². The van der Waals surface area contributed by atoms with E-state index in [1.807, 2.05) is 49.4 Å². The normalized spacial score (nSPS) is 11.1. The molecule has 0 aromatic heterocycles. The first kappa shape index (κ1) is 21.6. The number of hydrogen-bond donors (Lipinski definition) is 1. The van der Waals surface area contributed by atoms with Crippen LogP contribution in [-0.2, 0) is 27.8 Å². The summed E-state index contributed by atoms with van der Waals surface area (Å²) in [5.41, 5.74) is 3.60. The highest BCUT2D eigenvalue weighted by Gasteiger charge is 2.15. The predicted molar refractivity (Wildman–Crippen MR) is 120 cm³/mol. The zero-order chi connectivity index (χ0) is 21.6. The van der Waals surface area contributed by atoms with Gasteiger partial charge in [0.15, 0.2) is 0 Å². The van der Waals surface area contributed by atoms with Crippen molar-refractivity contribution in [2.45, 2.75) is 31.2 Å². The summed E-state index contributed by atoms with van der Waals surface area (Å²) in [6, 6.07) is 23.7. The van der Waals surface area contributed by atoms with Gasteiger partial charge in [-0.25, -0.2) is 8.42 Å². The molecule has 0 saturated heterocycles. The zero-order valence-electron chi connectivity index (χ0n) is 17.2. The van der Waals surface area contributed by atoms with E-state index in [0.29, 0.717) is 25.1 Å². The van der Waals surface area contributed by atoms with Crippen LogP contribution in [0.2, 0.25) is 0 Å². The molecule has 30 heavy (non-hydrogen) atoms. The smallest absolute Gasteiger partial charge is 0.261 e. The second-order valence-corrected chi connectivity index (χ2v) is 9.03. The quantitative estimate of drug-likeness (QED) is 0.586. The molecule has 0 fully saturated rings. The average Bonchev–Trinajstić information content (AvgIpc) is 2.74. The molecule has 0 radical (unpaired) electrons. The Morgan fingerprint density at radius 2 is 1.50 bits per heavy atom. The van der Waals surface area contributed by atoms with Crippen molar-refractivity contribution in [2.24, 2.45) is 0 Å². The number of anilines is 1. The van der Waals surface area contributed by atoms with E-state index in [0.717, 1.165) is 16.7 Å². The van der Waals surface area contributed by atoms with Crippen LogP contribution in [0.1, 0.15) is 23.1 Å². The standard InChI is InChI=1S/C24H26N2O3S/c1-19-8-13-22(14-9-19)25-30(28,29)23-15-10-20(11-16-23)12-17-24(27)26(2)18-21-6-4-3-5-7-21/h3-11,13-16,25H,12,17-18H2,1-2H3. The molecule has 3 aromatic rings. The van der Waals surface area contributed by atoms with E-state index in [2.05, 4.69) is 4.72 Å². The van der Waals surface area contributed by atoms with E-state index in [1.54, 1.807) is 48.3 Å². The van der Waals surface area contributed by atoms with Gasteiger partial charge in [0.1, 0.15) is 0 Å². The van der Waals surface area contributed by atoms with Gasteiger partial charge < -0.3 is 4.90 Å². The molecule has 0 spiro atoms. The van der Waals surface area contributed by atoms with Crippen molar-refractivity contribution < 1.29 is 13.2 Å². The third-order valence-electron chi connectivity index (χ3n) is 4.85. The first-order valence-electron chi connectivity index (χ1n) is 9.80. The molecule has 0 aliphatic carbocycles. The molecule has 0 aliphatic heterocycles. The van der Waals surface area contributed by atoms with E-state index in [9.17, 15) is 13.2 Å². The Hall–Kier alpha value is -3.12. The molecule has 6 heteroatoms. The Labute approximate surface area is 178 Å². The van der Waals surface area contributed by atoms with Gasteiger partial charge in [-0.15, -0.1) is 0 Å². The summed E-state index contributed by atoms with van der Waals surface area (Å²) in [5.74, 6) is 0.0524. The number of rotatable bonds is 8. The fraction of sp³-hybridized carbons (Fsp3) is 0.208. The number of nitrogens with one attached hydrogen (secondary N) is 1. The van der Waals surface area contributed by atoms with Crippen LogP contribution < -0.4 is 4.72 Å². The minimum absolute atomic E-state index is 0.0524. The molecule has 0 heterocycles. The van der Waals surface area contributed by atoms with Crippen LogP contribution in [0.4, 0.5) is 5.69 Å². The molecular weight excluding hydrogens is 396 g/mol. The number of carbonyl (C=O) groups is 1. The van der Waals surface area contributed by atoms with Crippen LogP contribution in [0, 0.1) is 6.92 Å². The summed E-state index contributed by atoms with van der Waals surface area (Å²) >= 11 is 0. The number of sulfonamides is 1. The third-order valence-corrected chi connectivity index (χ3v) is 6.25. The van der Waals surface area contributed by atoms with Gasteiger partial charge in [0.05, 0.1) is 4.90 Å². The zero-order valence-corrected chi connectivity index (χ0v) is 18.0. The number of hydrogen-bond acceptors (Lipinski definition) is 3. The second-order valence-electron chi connectivity index (χ2n) is 7.35. The van der Waals surface area contributed by atoms with Gasteiger partial charge in [-0.2, -0.15) is 0 Å². The molecule has 5 nitrogen and oxygen atoms in total. The van der Waals surface area contributed by atoms with E-state index in [-0.39, 0.29) is 10.8 Å². The van der Waals surface area contributed by atoms with Crippen LogP contribution in [0.5, 0.6) is 0 Å². The van der Waals surface area contributed by atoms with E-state index < -0.39 is 10.0 Å². The largest absolute Gasteiger partial charge is 0.341 e. The minimum atomic E-state index is -3.65. The van der Waals surface area contributed by atoms with Gasteiger partial charge in [0, 0.05) is 25.7 Å². The maximum absolute atomic E-state index is 12.6. The summed E-state index contributed by atoms with van der Waals surface area (Å²) in [7, 11) is -1.85. The third kappa shape index (κ3) is 5.94. The van der Waals surface area contributed by atoms with Crippen LogP contribution >= 0.6 is 0 Å². The fourth-order valence-corrected chi connectivity index (χ4v) is 4.12. The van der Waals surface area contributed by atoms with Gasteiger partial charge >= 0.3 is 0 Å². The predicted octanol–water partition coefficient (Wildman–Crippen LogP) is 4.39. The highest BCUT2D eigenvalue weighted by Crippen LogP contribution is 2.18. The number of aryl methyl sites for hydroxylation is 2. The van der Waals surface area contributed by atoms with Gasteiger partial charge in [-0.05, 0) is 48.7 Å². The van der Waals surface area contributed by atoms with Gasteiger partial charge in [-0.3, -0.25) is 9.52 Å². The fourth-order valence-electron chi connectivity index (χ4n) is 3.06. The van der Waals surface area contributed by atoms with Crippen molar-refractivity contribution >= 4 is 21.6 Å². The molecule has 0 saturated carbocycles. The maximum Gasteiger partial charge on any atom is 0.261 e. The molecule has 3 rings (SSSR count). The Morgan fingerprint density at radius 1 is 0.867 bits per heavy atom. The molecule has 0 unspecified atom stereocenters. The van der Waals surface area contributed by atoms with Gasteiger partial charge in [0.25, 0.3) is 10.0 Å². The lowest BCUT2D eigenvalue weighted by molar-refractivity contribution is -0.130. The molecule has 156 valence electrons. The SMILES string of the molecule is Cc1ccc(NS(=O)(=O)c2ccc(CCC(=O)N(C)Cc3ccccc3)cc2)cc1. The summed E-state index contributed by atoms with van der Waals surface area (Å²) < 4.78 is 27.7. The minimum Gasteiger partial charge on any atom is -0.341 e. The molecule has 0 atom stereocenters. The number of benzene rings is 3. The maximum atomic E-state index is 12.6. The highest BCUT2D eigenvalue weighted by molar-refractivity contribution is 7.92. The summed E-state index contributed by atoms with van der Waals surface area (Å²) in [5, 5.41) is 0. The Bertz CT molecular complexity index is 1080. The monoisotopic (exact) mass is 422 g/mol. The second kappa shape index (κ2) is 9.59. The number of nitrogens with zero attached hydrogens (tertiary/aromatic N) is 1. The van der Waals surface area contributed by atoms with Crippen molar-refractivity contribution in [2.75, 3.05) is 11.8 Å². The van der Waals surface area contributed by atoms with Crippen molar-refractivity contribution in [3.05, 3.63) is 95.6 Å². The topological polar surface area (TPSA) is 66.5 Å². The Kier molecular flexibility index (Phi) is 6.90. The number of amides is 1. The summed E-state index contributed by atoms with van der Waals surface area (Å²) in [6.07, 6.45) is 0.931. The van der Waals surface area contributed by atoms with Crippen LogP contribution in [0.15, 0.2) is 83.8 Å². The van der Waals surface area contributed by atoms with Gasteiger partial charge in [0.2, 0.25) is 5.91 Å². The van der Waals surface area contributed by atoms with Crippen LogP contribution in [-0.4, -0.2) is 26.3 Å². The lowest BCUT2D eigenvalue weighted by Gasteiger charge is -2.17.